The smallest absolute Gasteiger partial charge is 0.0728 e. The molecule has 0 nitrogen and oxygen atoms in total. The molecule has 0 unspecified atom stereocenters. The maximum absolute atomic E-state index is 6.24. The van der Waals surface area contributed by atoms with Crippen molar-refractivity contribution in [2.24, 2.45) is 0 Å². The number of hydrogen-bond acceptors (Lipinski definition) is 2. The van der Waals surface area contributed by atoms with E-state index in [9.17, 15) is 0 Å². The second-order valence-corrected chi connectivity index (χ2v) is 5.77. The van der Waals surface area contributed by atoms with Crippen molar-refractivity contribution in [2.45, 2.75) is 4.90 Å². The first-order valence-corrected chi connectivity index (χ1v) is 7.19. The Bertz CT molecular complexity index is 450. The first-order chi connectivity index (χ1) is 6.24. The molecule has 0 spiro atoms. The van der Waals surface area contributed by atoms with Crippen LogP contribution < -0.4 is 0 Å². The van der Waals surface area contributed by atoms with Gasteiger partial charge in [-0.3, -0.25) is 0 Å². The van der Waals surface area contributed by atoms with Crippen molar-refractivity contribution in [3.05, 3.63) is 26.1 Å². The van der Waals surface area contributed by atoms with Gasteiger partial charge in [-0.15, -0.1) is 23.1 Å². The van der Waals surface area contributed by atoms with Gasteiger partial charge in [-0.2, -0.15) is 0 Å². The van der Waals surface area contributed by atoms with E-state index in [-0.39, 0.29) is 0 Å². The van der Waals surface area contributed by atoms with Gasteiger partial charge in [0.05, 0.1) is 9.72 Å². The van der Waals surface area contributed by atoms with Crippen molar-refractivity contribution in [1.29, 1.82) is 0 Å². The van der Waals surface area contributed by atoms with E-state index in [0.717, 1.165) is 5.02 Å². The summed E-state index contributed by atoms with van der Waals surface area (Å²) in [5, 5.41) is 4.23. The van der Waals surface area contributed by atoms with E-state index in [1.54, 1.807) is 23.1 Å². The van der Waals surface area contributed by atoms with E-state index >= 15 is 0 Å². The number of halogens is 2. The summed E-state index contributed by atoms with van der Waals surface area (Å²) in [6, 6.07) is 4.31. The molecule has 0 radical (unpaired) electrons. The van der Waals surface area contributed by atoms with Gasteiger partial charge in [-0.1, -0.05) is 11.6 Å². The van der Waals surface area contributed by atoms with Crippen molar-refractivity contribution >= 4 is 67.4 Å². The topological polar surface area (TPSA) is 0 Å². The van der Waals surface area contributed by atoms with Gasteiger partial charge in [0.1, 0.15) is 0 Å². The van der Waals surface area contributed by atoms with Crippen LogP contribution in [0.5, 0.6) is 0 Å². The van der Waals surface area contributed by atoms with Crippen LogP contribution in [0.15, 0.2) is 22.4 Å². The molecule has 0 aliphatic heterocycles. The number of hydrogen-bond donors (Lipinski definition) is 0. The Hall–Kier alpha value is 0.550. The Kier molecular flexibility index (Phi) is 3.07. The molecule has 0 bridgehead atoms. The molecule has 2 rings (SSSR count). The van der Waals surface area contributed by atoms with Gasteiger partial charge in [0.25, 0.3) is 0 Å². The van der Waals surface area contributed by atoms with Crippen LogP contribution in [0.3, 0.4) is 0 Å². The minimum Gasteiger partial charge on any atom is -0.142 e. The summed E-state index contributed by atoms with van der Waals surface area (Å²) in [4.78, 5) is 1.26. The van der Waals surface area contributed by atoms with Gasteiger partial charge < -0.3 is 0 Å². The number of rotatable bonds is 1. The molecule has 0 saturated carbocycles. The van der Waals surface area contributed by atoms with Crippen molar-refractivity contribution in [2.75, 3.05) is 6.26 Å². The van der Waals surface area contributed by atoms with Crippen LogP contribution in [0.4, 0.5) is 0 Å². The first kappa shape index (κ1) is 10.1. The molecule has 0 aliphatic rings. The summed E-state index contributed by atoms with van der Waals surface area (Å²) in [6.45, 7) is 0. The SMILES string of the molecule is CSc1cc2ccsc2c(Cl)c1I. The molecule has 0 amide bonds. The number of fused-ring (bicyclic) bond motifs is 1. The third-order valence-electron chi connectivity index (χ3n) is 1.81. The van der Waals surface area contributed by atoms with Gasteiger partial charge in [0.2, 0.25) is 0 Å². The summed E-state index contributed by atoms with van der Waals surface area (Å²) in [7, 11) is 0. The third kappa shape index (κ3) is 1.71. The van der Waals surface area contributed by atoms with Crippen molar-refractivity contribution in [3.63, 3.8) is 0 Å². The Balaban J connectivity index is 2.83. The van der Waals surface area contributed by atoms with Crippen molar-refractivity contribution in [1.82, 2.24) is 0 Å². The molecule has 4 heteroatoms. The summed E-state index contributed by atoms with van der Waals surface area (Å²) in [5.74, 6) is 0. The first-order valence-electron chi connectivity index (χ1n) is 3.63. The van der Waals surface area contributed by atoms with Crippen LogP contribution in [0.1, 0.15) is 0 Å². The van der Waals surface area contributed by atoms with E-state index in [1.165, 1.54) is 18.6 Å². The maximum atomic E-state index is 6.24. The molecule has 1 aromatic carbocycles. The summed E-state index contributed by atoms with van der Waals surface area (Å²) < 4.78 is 2.37. The van der Waals surface area contributed by atoms with Crippen LogP contribution in [0.25, 0.3) is 10.1 Å². The lowest BCUT2D eigenvalue weighted by atomic mass is 10.3. The fourth-order valence-corrected chi connectivity index (χ4v) is 4.19. The quantitative estimate of drug-likeness (QED) is 0.526. The second-order valence-electron chi connectivity index (χ2n) is 2.55. The highest BCUT2D eigenvalue weighted by molar-refractivity contribution is 14.1. The molecule has 1 aromatic heterocycles. The van der Waals surface area contributed by atoms with Gasteiger partial charge in [0, 0.05) is 8.47 Å². The van der Waals surface area contributed by atoms with Crippen LogP contribution in [0, 0.1) is 3.57 Å². The lowest BCUT2D eigenvalue weighted by molar-refractivity contribution is 1.46. The highest BCUT2D eigenvalue weighted by Crippen LogP contribution is 2.37. The van der Waals surface area contributed by atoms with E-state index in [2.05, 4.69) is 46.4 Å². The maximum Gasteiger partial charge on any atom is 0.0728 e. The molecule has 0 fully saturated rings. The Labute approximate surface area is 104 Å². The average Bonchev–Trinajstić information content (AvgIpc) is 2.59. The van der Waals surface area contributed by atoms with E-state index in [0.29, 0.717) is 0 Å². The number of thioether (sulfide) groups is 1. The Morgan fingerprint density at radius 2 is 2.31 bits per heavy atom. The third-order valence-corrected chi connectivity index (χ3v) is 5.82. The van der Waals surface area contributed by atoms with Crippen LogP contribution in [-0.4, -0.2) is 6.26 Å². The molecule has 0 N–H and O–H groups in total. The highest BCUT2D eigenvalue weighted by atomic mass is 127. The zero-order valence-corrected chi connectivity index (χ0v) is 11.4. The fraction of sp³-hybridized carbons (Fsp3) is 0.111. The second kappa shape index (κ2) is 3.96. The molecule has 68 valence electrons. The Morgan fingerprint density at radius 3 is 3.00 bits per heavy atom. The fourth-order valence-electron chi connectivity index (χ4n) is 1.17. The lowest BCUT2D eigenvalue weighted by Gasteiger charge is -2.03. The van der Waals surface area contributed by atoms with Crippen LogP contribution >= 0.6 is 57.3 Å². The molecule has 0 atom stereocenters. The minimum atomic E-state index is 0.900. The van der Waals surface area contributed by atoms with Crippen molar-refractivity contribution < 1.29 is 0 Å². The molecule has 0 saturated heterocycles. The van der Waals surface area contributed by atoms with Gasteiger partial charge in [-0.05, 0) is 51.7 Å². The predicted molar refractivity (Wildman–Crippen MR) is 71.3 cm³/mol. The average molecular weight is 341 g/mol. The predicted octanol–water partition coefficient (Wildman–Crippen LogP) is 4.88. The normalized spacial score (nSPS) is 11.0. The summed E-state index contributed by atoms with van der Waals surface area (Å²) in [6.07, 6.45) is 2.08. The molecular formula is C9H6ClIS2. The van der Waals surface area contributed by atoms with Gasteiger partial charge in [-0.25, -0.2) is 0 Å². The van der Waals surface area contributed by atoms with E-state index in [1.807, 2.05) is 0 Å². The molecule has 13 heavy (non-hydrogen) atoms. The number of thiophene rings is 1. The lowest BCUT2D eigenvalue weighted by Crippen LogP contribution is -1.79. The van der Waals surface area contributed by atoms with Gasteiger partial charge >= 0.3 is 0 Å². The van der Waals surface area contributed by atoms with Crippen molar-refractivity contribution in [3.8, 4) is 0 Å². The number of benzene rings is 1. The molecule has 0 aliphatic carbocycles. The Morgan fingerprint density at radius 1 is 1.54 bits per heavy atom. The van der Waals surface area contributed by atoms with E-state index in [4.69, 9.17) is 11.6 Å². The van der Waals surface area contributed by atoms with Crippen LogP contribution in [-0.2, 0) is 0 Å². The molecule has 1 heterocycles. The molecule has 2 aromatic rings. The minimum absolute atomic E-state index is 0.900. The highest BCUT2D eigenvalue weighted by Gasteiger charge is 2.09. The zero-order valence-electron chi connectivity index (χ0n) is 6.80. The van der Waals surface area contributed by atoms with Crippen LogP contribution in [0.2, 0.25) is 5.02 Å². The standard InChI is InChI=1S/C9H6ClIS2/c1-12-6-4-5-2-3-13-9(5)7(10)8(6)11/h2-4H,1H3. The largest absolute Gasteiger partial charge is 0.142 e. The molecular weight excluding hydrogens is 335 g/mol. The summed E-state index contributed by atoms with van der Waals surface area (Å²) >= 11 is 12.0. The zero-order chi connectivity index (χ0) is 9.42. The monoisotopic (exact) mass is 340 g/mol. The summed E-state index contributed by atoms with van der Waals surface area (Å²) in [5.41, 5.74) is 0. The van der Waals surface area contributed by atoms with E-state index < -0.39 is 0 Å². The van der Waals surface area contributed by atoms with Gasteiger partial charge in [0.15, 0.2) is 0 Å².